The SMILES string of the molecule is CCCNc1ncnc(NCc2ccno2)c1[N+](=O)[O-]. The molecule has 0 amide bonds. The van der Waals surface area contributed by atoms with Crippen molar-refractivity contribution in [1.29, 1.82) is 0 Å². The third kappa shape index (κ3) is 3.19. The molecule has 9 heteroatoms. The summed E-state index contributed by atoms with van der Waals surface area (Å²) in [4.78, 5) is 18.5. The molecule has 0 saturated carbocycles. The lowest BCUT2D eigenvalue weighted by Crippen LogP contribution is -2.10. The van der Waals surface area contributed by atoms with Crippen molar-refractivity contribution >= 4 is 17.3 Å². The summed E-state index contributed by atoms with van der Waals surface area (Å²) >= 11 is 0. The van der Waals surface area contributed by atoms with E-state index >= 15 is 0 Å². The van der Waals surface area contributed by atoms with Crippen molar-refractivity contribution in [2.75, 3.05) is 17.2 Å². The van der Waals surface area contributed by atoms with Crippen LogP contribution in [0.5, 0.6) is 0 Å². The Kier molecular flexibility index (Phi) is 4.43. The summed E-state index contributed by atoms with van der Waals surface area (Å²) in [5.41, 5.74) is -0.180. The van der Waals surface area contributed by atoms with Gasteiger partial charge >= 0.3 is 5.69 Å². The Morgan fingerprint density at radius 3 is 2.70 bits per heavy atom. The summed E-state index contributed by atoms with van der Waals surface area (Å²) in [5.74, 6) is 0.896. The van der Waals surface area contributed by atoms with Gasteiger partial charge in [0.25, 0.3) is 0 Å². The van der Waals surface area contributed by atoms with Crippen LogP contribution in [0.25, 0.3) is 0 Å². The number of aromatic nitrogens is 3. The number of nitro groups is 1. The fourth-order valence-electron chi connectivity index (χ4n) is 1.56. The predicted octanol–water partition coefficient (Wildman–Crippen LogP) is 1.81. The van der Waals surface area contributed by atoms with E-state index in [4.69, 9.17) is 4.52 Å². The topological polar surface area (TPSA) is 119 Å². The third-order valence-corrected chi connectivity index (χ3v) is 2.47. The molecule has 2 heterocycles. The molecule has 0 atom stereocenters. The maximum atomic E-state index is 11.2. The molecular weight excluding hydrogens is 264 g/mol. The molecule has 106 valence electrons. The zero-order valence-electron chi connectivity index (χ0n) is 10.9. The van der Waals surface area contributed by atoms with Crippen molar-refractivity contribution in [3.63, 3.8) is 0 Å². The van der Waals surface area contributed by atoms with Gasteiger partial charge in [-0.2, -0.15) is 0 Å². The normalized spacial score (nSPS) is 10.2. The molecule has 0 unspecified atom stereocenters. The van der Waals surface area contributed by atoms with E-state index in [0.29, 0.717) is 12.3 Å². The van der Waals surface area contributed by atoms with Gasteiger partial charge < -0.3 is 15.2 Å². The molecule has 2 rings (SSSR count). The molecule has 2 aromatic heterocycles. The van der Waals surface area contributed by atoms with Crippen LogP contribution in [0.4, 0.5) is 17.3 Å². The zero-order valence-corrected chi connectivity index (χ0v) is 10.9. The Balaban J connectivity index is 2.20. The summed E-state index contributed by atoms with van der Waals surface area (Å²) in [6, 6.07) is 1.66. The predicted molar refractivity (Wildman–Crippen MR) is 71.3 cm³/mol. The fourth-order valence-corrected chi connectivity index (χ4v) is 1.56. The van der Waals surface area contributed by atoms with Crippen LogP contribution in [0.3, 0.4) is 0 Å². The highest BCUT2D eigenvalue weighted by Crippen LogP contribution is 2.28. The lowest BCUT2D eigenvalue weighted by atomic mass is 10.4. The van der Waals surface area contributed by atoms with E-state index in [9.17, 15) is 10.1 Å². The fraction of sp³-hybridized carbons (Fsp3) is 0.364. The van der Waals surface area contributed by atoms with Crippen LogP contribution in [0, 0.1) is 10.1 Å². The first-order valence-electron chi connectivity index (χ1n) is 6.09. The van der Waals surface area contributed by atoms with Crippen LogP contribution in [0.2, 0.25) is 0 Å². The van der Waals surface area contributed by atoms with Gasteiger partial charge in [0, 0.05) is 12.6 Å². The van der Waals surface area contributed by atoms with E-state index in [1.807, 2.05) is 6.92 Å². The summed E-state index contributed by atoms with van der Waals surface area (Å²) in [5, 5.41) is 20.5. The lowest BCUT2D eigenvalue weighted by Gasteiger charge is -2.08. The van der Waals surface area contributed by atoms with Gasteiger partial charge in [0.15, 0.2) is 5.76 Å². The first-order valence-corrected chi connectivity index (χ1v) is 6.09. The Hall–Kier alpha value is -2.71. The van der Waals surface area contributed by atoms with Crippen LogP contribution >= 0.6 is 0 Å². The number of hydrogen-bond donors (Lipinski definition) is 2. The van der Waals surface area contributed by atoms with E-state index in [0.717, 1.165) is 6.42 Å². The van der Waals surface area contributed by atoms with Crippen LogP contribution in [-0.2, 0) is 6.54 Å². The maximum absolute atomic E-state index is 11.2. The molecule has 0 radical (unpaired) electrons. The Morgan fingerprint density at radius 2 is 2.10 bits per heavy atom. The largest absolute Gasteiger partial charge is 0.364 e. The summed E-state index contributed by atoms with van der Waals surface area (Å²) in [7, 11) is 0. The van der Waals surface area contributed by atoms with Crippen molar-refractivity contribution in [3.05, 3.63) is 34.5 Å². The highest BCUT2D eigenvalue weighted by molar-refractivity contribution is 5.69. The molecule has 0 spiro atoms. The van der Waals surface area contributed by atoms with Gasteiger partial charge in [0.2, 0.25) is 11.6 Å². The number of nitrogens with zero attached hydrogens (tertiary/aromatic N) is 4. The minimum Gasteiger partial charge on any atom is -0.364 e. The number of hydrogen-bond acceptors (Lipinski definition) is 8. The zero-order chi connectivity index (χ0) is 14.4. The average Bonchev–Trinajstić information content (AvgIpc) is 2.95. The summed E-state index contributed by atoms with van der Waals surface area (Å²) in [6.45, 7) is 2.81. The average molecular weight is 278 g/mol. The van der Waals surface area contributed by atoms with Gasteiger partial charge in [-0.15, -0.1) is 0 Å². The van der Waals surface area contributed by atoms with E-state index in [1.54, 1.807) is 6.07 Å². The second kappa shape index (κ2) is 6.45. The monoisotopic (exact) mass is 278 g/mol. The van der Waals surface area contributed by atoms with Crippen LogP contribution < -0.4 is 10.6 Å². The Morgan fingerprint density at radius 1 is 1.35 bits per heavy atom. The minimum atomic E-state index is -0.513. The van der Waals surface area contributed by atoms with Gasteiger partial charge in [-0.1, -0.05) is 12.1 Å². The van der Waals surface area contributed by atoms with Gasteiger partial charge in [-0.05, 0) is 6.42 Å². The summed E-state index contributed by atoms with van der Waals surface area (Å²) in [6.07, 6.45) is 3.61. The molecule has 0 aliphatic heterocycles. The van der Waals surface area contributed by atoms with E-state index in [2.05, 4.69) is 25.8 Å². The lowest BCUT2D eigenvalue weighted by molar-refractivity contribution is -0.383. The molecule has 20 heavy (non-hydrogen) atoms. The van der Waals surface area contributed by atoms with Gasteiger partial charge in [0.1, 0.15) is 6.33 Å². The standard InChI is InChI=1S/C11H14N6O3/c1-2-4-12-10-9(17(18)19)11(15-7-14-10)13-6-8-3-5-16-20-8/h3,5,7H,2,4,6H2,1H3,(H2,12,13,14,15). The van der Waals surface area contributed by atoms with Gasteiger partial charge in [-0.25, -0.2) is 9.97 Å². The molecule has 2 aromatic rings. The highest BCUT2D eigenvalue weighted by atomic mass is 16.6. The van der Waals surface area contributed by atoms with E-state index in [1.165, 1.54) is 12.5 Å². The maximum Gasteiger partial charge on any atom is 0.353 e. The first kappa shape index (κ1) is 13.7. The van der Waals surface area contributed by atoms with E-state index in [-0.39, 0.29) is 23.9 Å². The van der Waals surface area contributed by atoms with Crippen molar-refractivity contribution < 1.29 is 9.45 Å². The van der Waals surface area contributed by atoms with Crippen LogP contribution in [0.15, 0.2) is 23.1 Å². The summed E-state index contributed by atoms with van der Waals surface area (Å²) < 4.78 is 4.91. The van der Waals surface area contributed by atoms with Crippen molar-refractivity contribution in [3.8, 4) is 0 Å². The van der Waals surface area contributed by atoms with Gasteiger partial charge in [0.05, 0.1) is 17.7 Å². The van der Waals surface area contributed by atoms with Crippen molar-refractivity contribution in [2.45, 2.75) is 19.9 Å². The molecule has 9 nitrogen and oxygen atoms in total. The van der Waals surface area contributed by atoms with Crippen LogP contribution in [0.1, 0.15) is 19.1 Å². The molecule has 0 aliphatic rings. The molecule has 0 fully saturated rings. The molecular formula is C11H14N6O3. The molecule has 2 N–H and O–H groups in total. The van der Waals surface area contributed by atoms with Crippen molar-refractivity contribution in [1.82, 2.24) is 15.1 Å². The molecule has 0 aliphatic carbocycles. The van der Waals surface area contributed by atoms with E-state index < -0.39 is 4.92 Å². The quantitative estimate of drug-likeness (QED) is 0.581. The minimum absolute atomic E-state index is 0.139. The Bertz CT molecular complexity index is 572. The second-order valence-corrected chi connectivity index (χ2v) is 3.94. The highest BCUT2D eigenvalue weighted by Gasteiger charge is 2.22. The first-order chi connectivity index (χ1) is 9.72. The van der Waals surface area contributed by atoms with Crippen LogP contribution in [-0.4, -0.2) is 26.6 Å². The smallest absolute Gasteiger partial charge is 0.353 e. The number of rotatable bonds is 7. The molecule has 0 saturated heterocycles. The number of nitrogens with one attached hydrogen (secondary N) is 2. The Labute approximate surface area is 114 Å². The number of anilines is 2. The van der Waals surface area contributed by atoms with Crippen molar-refractivity contribution in [2.24, 2.45) is 0 Å². The second-order valence-electron chi connectivity index (χ2n) is 3.94. The van der Waals surface area contributed by atoms with Gasteiger partial charge in [-0.3, -0.25) is 10.1 Å². The molecule has 0 bridgehead atoms. The third-order valence-electron chi connectivity index (χ3n) is 2.47. The molecule has 0 aromatic carbocycles.